The van der Waals surface area contributed by atoms with E-state index in [9.17, 15) is 18.0 Å². The Hall–Kier alpha value is -3.39. The van der Waals surface area contributed by atoms with Gasteiger partial charge in [0.2, 0.25) is 0 Å². The van der Waals surface area contributed by atoms with Crippen molar-refractivity contribution in [3.63, 3.8) is 0 Å². The molecule has 0 radical (unpaired) electrons. The van der Waals surface area contributed by atoms with Crippen molar-refractivity contribution in [3.8, 4) is 11.5 Å². The van der Waals surface area contributed by atoms with E-state index in [1.807, 2.05) is 30.3 Å². The number of thiocarbonyl (C=S) groups is 1. The van der Waals surface area contributed by atoms with E-state index in [2.05, 4.69) is 10.6 Å². The number of nitrogens with one attached hydrogen (secondary N) is 2. The Morgan fingerprint density at radius 1 is 0.862 bits per heavy atom. The van der Waals surface area contributed by atoms with Crippen LogP contribution < -0.4 is 15.4 Å². The number of amides is 1. The molecule has 0 bridgehead atoms. The lowest BCUT2D eigenvalue weighted by Gasteiger charge is -2.12. The van der Waals surface area contributed by atoms with Crippen molar-refractivity contribution in [3.05, 3.63) is 90.0 Å². The molecule has 0 spiro atoms. The van der Waals surface area contributed by atoms with Crippen molar-refractivity contribution in [2.24, 2.45) is 0 Å². The summed E-state index contributed by atoms with van der Waals surface area (Å²) in [5, 5.41) is 5.28. The van der Waals surface area contributed by atoms with Crippen molar-refractivity contribution >= 4 is 28.9 Å². The number of carbonyl (C=O) groups is 1. The summed E-state index contributed by atoms with van der Waals surface area (Å²) in [6, 6.07) is 20.0. The van der Waals surface area contributed by atoms with E-state index < -0.39 is 17.6 Å². The molecule has 0 unspecified atom stereocenters. The number of anilines is 1. The van der Waals surface area contributed by atoms with Gasteiger partial charge in [-0.3, -0.25) is 10.1 Å². The van der Waals surface area contributed by atoms with Gasteiger partial charge in [0.05, 0.1) is 5.56 Å². The molecule has 0 heterocycles. The fraction of sp³-hybridized carbons (Fsp3) is 0.0476. The number of rotatable bonds is 4. The molecular formula is C21H15F3N2O2S. The van der Waals surface area contributed by atoms with Crippen LogP contribution in [0, 0.1) is 0 Å². The minimum absolute atomic E-state index is 0.00626. The van der Waals surface area contributed by atoms with Crippen LogP contribution in [0.25, 0.3) is 0 Å². The van der Waals surface area contributed by atoms with Crippen molar-refractivity contribution < 1.29 is 22.7 Å². The molecule has 2 N–H and O–H groups in total. The zero-order chi connectivity index (χ0) is 20.9. The predicted molar refractivity (Wildman–Crippen MR) is 108 cm³/mol. The number of ether oxygens (including phenoxy) is 1. The summed E-state index contributed by atoms with van der Waals surface area (Å²) < 4.78 is 43.5. The number of benzene rings is 3. The Balaban J connectivity index is 1.60. The van der Waals surface area contributed by atoms with Crippen LogP contribution in [0.5, 0.6) is 11.5 Å². The molecule has 148 valence electrons. The Bertz CT molecular complexity index is 1010. The van der Waals surface area contributed by atoms with Gasteiger partial charge < -0.3 is 10.1 Å². The van der Waals surface area contributed by atoms with E-state index in [1.165, 1.54) is 0 Å². The molecule has 0 fully saturated rings. The maximum Gasteiger partial charge on any atom is 0.416 e. The number of hydrogen-bond acceptors (Lipinski definition) is 3. The van der Waals surface area contributed by atoms with Crippen molar-refractivity contribution in [1.82, 2.24) is 5.32 Å². The fourth-order valence-corrected chi connectivity index (χ4v) is 2.62. The third-order valence-electron chi connectivity index (χ3n) is 3.77. The lowest BCUT2D eigenvalue weighted by Crippen LogP contribution is -2.34. The number of alkyl halides is 3. The van der Waals surface area contributed by atoms with Crippen molar-refractivity contribution in [1.29, 1.82) is 0 Å². The van der Waals surface area contributed by atoms with Crippen LogP contribution in [0.2, 0.25) is 0 Å². The first-order valence-electron chi connectivity index (χ1n) is 8.44. The van der Waals surface area contributed by atoms with Crippen LogP contribution in [0.4, 0.5) is 18.9 Å². The van der Waals surface area contributed by atoms with Gasteiger partial charge in [-0.1, -0.05) is 24.3 Å². The van der Waals surface area contributed by atoms with Crippen LogP contribution in [0.3, 0.4) is 0 Å². The average molecular weight is 416 g/mol. The smallest absolute Gasteiger partial charge is 0.416 e. The molecule has 0 aliphatic carbocycles. The van der Waals surface area contributed by atoms with Gasteiger partial charge in [0, 0.05) is 17.3 Å². The first kappa shape index (κ1) is 20.3. The lowest BCUT2D eigenvalue weighted by atomic mass is 10.1. The highest BCUT2D eigenvalue weighted by Gasteiger charge is 2.30. The molecule has 0 atom stereocenters. The summed E-state index contributed by atoms with van der Waals surface area (Å²) in [6.07, 6.45) is -4.46. The molecule has 8 heteroatoms. The van der Waals surface area contributed by atoms with Gasteiger partial charge in [0.1, 0.15) is 11.5 Å². The zero-order valence-corrected chi connectivity index (χ0v) is 15.7. The molecule has 0 aliphatic rings. The van der Waals surface area contributed by atoms with E-state index in [0.717, 1.165) is 24.3 Å². The first-order valence-corrected chi connectivity index (χ1v) is 8.85. The largest absolute Gasteiger partial charge is 0.457 e. The SMILES string of the molecule is O=C(NC(=S)Nc1cccc(Oc2ccccc2)c1)c1ccc(C(F)(F)F)cc1. The van der Waals surface area contributed by atoms with Gasteiger partial charge in [-0.2, -0.15) is 13.2 Å². The summed E-state index contributed by atoms with van der Waals surface area (Å²) in [5.74, 6) is 0.619. The highest BCUT2D eigenvalue weighted by molar-refractivity contribution is 7.80. The molecule has 3 aromatic rings. The topological polar surface area (TPSA) is 50.4 Å². The van der Waals surface area contributed by atoms with Gasteiger partial charge in [-0.05, 0) is 60.7 Å². The summed E-state index contributed by atoms with van der Waals surface area (Å²) in [7, 11) is 0. The van der Waals surface area contributed by atoms with E-state index in [1.54, 1.807) is 24.3 Å². The quantitative estimate of drug-likeness (QED) is 0.542. The first-order chi connectivity index (χ1) is 13.8. The van der Waals surface area contributed by atoms with Crippen LogP contribution in [0.15, 0.2) is 78.9 Å². The van der Waals surface area contributed by atoms with Crippen molar-refractivity contribution in [2.75, 3.05) is 5.32 Å². The van der Waals surface area contributed by atoms with Gasteiger partial charge in [0.25, 0.3) is 5.91 Å². The van der Waals surface area contributed by atoms with Crippen LogP contribution >= 0.6 is 12.2 Å². The minimum Gasteiger partial charge on any atom is -0.457 e. The second-order valence-electron chi connectivity index (χ2n) is 5.93. The molecule has 0 saturated heterocycles. The summed E-state index contributed by atoms with van der Waals surface area (Å²) in [4.78, 5) is 12.2. The Labute approximate surface area is 170 Å². The Morgan fingerprint density at radius 2 is 1.52 bits per heavy atom. The molecule has 3 rings (SSSR count). The van der Waals surface area contributed by atoms with Gasteiger partial charge >= 0.3 is 6.18 Å². The van der Waals surface area contributed by atoms with Gasteiger partial charge in [0.15, 0.2) is 5.11 Å². The monoisotopic (exact) mass is 416 g/mol. The van der Waals surface area contributed by atoms with Crippen LogP contribution in [-0.2, 0) is 6.18 Å². The third-order valence-corrected chi connectivity index (χ3v) is 3.98. The molecule has 0 saturated carbocycles. The predicted octanol–water partition coefficient (Wildman–Crippen LogP) is 5.62. The number of halogens is 3. The summed E-state index contributed by atoms with van der Waals surface area (Å²) in [6.45, 7) is 0. The number of hydrogen-bond donors (Lipinski definition) is 2. The third kappa shape index (κ3) is 5.79. The van der Waals surface area contributed by atoms with E-state index in [-0.39, 0.29) is 10.7 Å². The standard InChI is InChI=1S/C21H15F3N2O2S/c22-21(23,24)15-11-9-14(10-12-15)19(27)26-20(29)25-16-5-4-8-18(13-16)28-17-6-2-1-3-7-17/h1-13H,(H2,25,26,27,29). The normalized spacial score (nSPS) is 10.9. The van der Waals surface area contributed by atoms with Gasteiger partial charge in [-0.15, -0.1) is 0 Å². The van der Waals surface area contributed by atoms with E-state index >= 15 is 0 Å². The fourth-order valence-electron chi connectivity index (χ4n) is 2.41. The number of carbonyl (C=O) groups excluding carboxylic acids is 1. The number of para-hydroxylation sites is 1. The molecule has 0 aliphatic heterocycles. The summed E-state index contributed by atoms with van der Waals surface area (Å²) in [5.41, 5.74) is -0.190. The second-order valence-corrected chi connectivity index (χ2v) is 6.33. The zero-order valence-electron chi connectivity index (χ0n) is 14.9. The summed E-state index contributed by atoms with van der Waals surface area (Å²) >= 11 is 5.11. The Morgan fingerprint density at radius 3 is 2.17 bits per heavy atom. The molecule has 0 aromatic heterocycles. The highest BCUT2D eigenvalue weighted by atomic mass is 32.1. The molecule has 1 amide bonds. The minimum atomic E-state index is -4.46. The van der Waals surface area contributed by atoms with Crippen LogP contribution in [-0.4, -0.2) is 11.0 Å². The maximum absolute atomic E-state index is 12.6. The van der Waals surface area contributed by atoms with E-state index in [0.29, 0.717) is 17.2 Å². The highest BCUT2D eigenvalue weighted by Crippen LogP contribution is 2.29. The maximum atomic E-state index is 12.6. The van der Waals surface area contributed by atoms with Gasteiger partial charge in [-0.25, -0.2) is 0 Å². The van der Waals surface area contributed by atoms with Crippen LogP contribution in [0.1, 0.15) is 15.9 Å². The van der Waals surface area contributed by atoms with E-state index in [4.69, 9.17) is 17.0 Å². The van der Waals surface area contributed by atoms with Crippen molar-refractivity contribution in [2.45, 2.75) is 6.18 Å². The average Bonchev–Trinajstić information content (AvgIpc) is 2.68. The Kier molecular flexibility index (Phi) is 6.13. The molecule has 3 aromatic carbocycles. The molecular weight excluding hydrogens is 401 g/mol. The molecule has 29 heavy (non-hydrogen) atoms. The second kappa shape index (κ2) is 8.74. The lowest BCUT2D eigenvalue weighted by molar-refractivity contribution is -0.137. The molecule has 4 nitrogen and oxygen atoms in total.